The molecule has 20 heavy (non-hydrogen) atoms. The SMILES string of the molecule is COc1cc(CO)ccc1Oc1ccncc1[N+](=O)[O-]. The third kappa shape index (κ3) is 2.83. The Morgan fingerprint density at radius 2 is 2.10 bits per heavy atom. The number of hydrogen-bond donors (Lipinski definition) is 1. The molecule has 2 aromatic rings. The first kappa shape index (κ1) is 13.8. The fourth-order valence-corrected chi connectivity index (χ4v) is 1.61. The van der Waals surface area contributed by atoms with E-state index in [4.69, 9.17) is 14.6 Å². The summed E-state index contributed by atoms with van der Waals surface area (Å²) in [5, 5.41) is 19.9. The van der Waals surface area contributed by atoms with Gasteiger partial charge in [0.1, 0.15) is 6.20 Å². The topological polar surface area (TPSA) is 94.7 Å². The number of benzene rings is 1. The van der Waals surface area contributed by atoms with Crippen molar-refractivity contribution in [1.82, 2.24) is 4.98 Å². The van der Waals surface area contributed by atoms with Crippen molar-refractivity contribution in [3.8, 4) is 17.2 Å². The van der Waals surface area contributed by atoms with Gasteiger partial charge in [-0.05, 0) is 17.7 Å². The minimum atomic E-state index is -0.573. The molecule has 7 heteroatoms. The Labute approximate surface area is 114 Å². The van der Waals surface area contributed by atoms with Gasteiger partial charge in [0.05, 0.1) is 18.6 Å². The number of aliphatic hydroxyl groups excluding tert-OH is 1. The van der Waals surface area contributed by atoms with E-state index in [9.17, 15) is 10.1 Å². The van der Waals surface area contributed by atoms with Gasteiger partial charge in [-0.1, -0.05) is 6.07 Å². The summed E-state index contributed by atoms with van der Waals surface area (Å²) in [7, 11) is 1.45. The molecule has 0 atom stereocenters. The molecule has 0 spiro atoms. The normalized spacial score (nSPS) is 10.1. The predicted molar refractivity (Wildman–Crippen MR) is 69.9 cm³/mol. The monoisotopic (exact) mass is 276 g/mol. The lowest BCUT2D eigenvalue weighted by Crippen LogP contribution is -1.96. The second-order valence-corrected chi connectivity index (χ2v) is 3.85. The quantitative estimate of drug-likeness (QED) is 0.665. The molecule has 1 N–H and O–H groups in total. The molecular weight excluding hydrogens is 264 g/mol. The first-order valence-corrected chi connectivity index (χ1v) is 5.69. The van der Waals surface area contributed by atoms with Gasteiger partial charge < -0.3 is 14.6 Å². The molecular formula is C13H12N2O5. The molecule has 0 amide bonds. The van der Waals surface area contributed by atoms with Crippen LogP contribution in [0.15, 0.2) is 36.7 Å². The van der Waals surface area contributed by atoms with E-state index in [0.29, 0.717) is 17.1 Å². The maximum absolute atomic E-state index is 10.9. The highest BCUT2D eigenvalue weighted by atomic mass is 16.6. The van der Waals surface area contributed by atoms with Gasteiger partial charge in [-0.3, -0.25) is 15.1 Å². The van der Waals surface area contributed by atoms with Crippen LogP contribution in [0.2, 0.25) is 0 Å². The van der Waals surface area contributed by atoms with Gasteiger partial charge in [-0.2, -0.15) is 0 Å². The maximum Gasteiger partial charge on any atom is 0.329 e. The lowest BCUT2D eigenvalue weighted by Gasteiger charge is -2.11. The van der Waals surface area contributed by atoms with Crippen molar-refractivity contribution >= 4 is 5.69 Å². The van der Waals surface area contributed by atoms with Crippen molar-refractivity contribution in [2.45, 2.75) is 6.61 Å². The Balaban J connectivity index is 2.37. The Bertz CT molecular complexity index is 630. The summed E-state index contributed by atoms with van der Waals surface area (Å²) < 4.78 is 10.6. The summed E-state index contributed by atoms with van der Waals surface area (Å²) in [5.74, 6) is 0.765. The van der Waals surface area contributed by atoms with Crippen LogP contribution >= 0.6 is 0 Å². The zero-order chi connectivity index (χ0) is 14.5. The standard InChI is InChI=1S/C13H12N2O5/c1-19-13-6-9(8-16)2-3-12(13)20-11-4-5-14-7-10(11)15(17)18/h2-7,16H,8H2,1H3. The van der Waals surface area contributed by atoms with E-state index < -0.39 is 4.92 Å². The molecule has 1 aromatic carbocycles. The van der Waals surface area contributed by atoms with Crippen molar-refractivity contribution in [3.63, 3.8) is 0 Å². The van der Waals surface area contributed by atoms with Crippen LogP contribution in [0.3, 0.4) is 0 Å². The molecule has 0 unspecified atom stereocenters. The van der Waals surface area contributed by atoms with Crippen molar-refractivity contribution in [1.29, 1.82) is 0 Å². The highest BCUT2D eigenvalue weighted by Gasteiger charge is 2.17. The number of aromatic nitrogens is 1. The molecule has 1 heterocycles. The molecule has 0 radical (unpaired) electrons. The Morgan fingerprint density at radius 1 is 1.30 bits per heavy atom. The van der Waals surface area contributed by atoms with E-state index in [1.54, 1.807) is 18.2 Å². The van der Waals surface area contributed by atoms with Gasteiger partial charge in [0.25, 0.3) is 0 Å². The number of aliphatic hydroxyl groups is 1. The number of methoxy groups -OCH3 is 1. The zero-order valence-electron chi connectivity index (χ0n) is 10.6. The van der Waals surface area contributed by atoms with Gasteiger partial charge in [0.15, 0.2) is 11.5 Å². The Morgan fingerprint density at radius 3 is 2.75 bits per heavy atom. The highest BCUT2D eigenvalue weighted by Crippen LogP contribution is 2.35. The number of nitrogens with zero attached hydrogens (tertiary/aromatic N) is 2. The number of rotatable bonds is 5. The number of hydrogen-bond acceptors (Lipinski definition) is 6. The smallest absolute Gasteiger partial charge is 0.329 e. The van der Waals surface area contributed by atoms with E-state index in [-0.39, 0.29) is 18.0 Å². The fourth-order valence-electron chi connectivity index (χ4n) is 1.61. The van der Waals surface area contributed by atoms with Crippen LogP contribution in [0.5, 0.6) is 17.2 Å². The van der Waals surface area contributed by atoms with Crippen LogP contribution in [-0.4, -0.2) is 22.1 Å². The van der Waals surface area contributed by atoms with Gasteiger partial charge in [0.2, 0.25) is 5.75 Å². The van der Waals surface area contributed by atoms with E-state index in [1.165, 1.54) is 19.4 Å². The van der Waals surface area contributed by atoms with E-state index >= 15 is 0 Å². The summed E-state index contributed by atoms with van der Waals surface area (Å²) in [4.78, 5) is 14.0. The minimum Gasteiger partial charge on any atom is -0.493 e. The van der Waals surface area contributed by atoms with Crippen molar-refractivity contribution in [3.05, 3.63) is 52.3 Å². The van der Waals surface area contributed by atoms with Gasteiger partial charge in [-0.25, -0.2) is 0 Å². The first-order valence-electron chi connectivity index (χ1n) is 5.69. The summed E-state index contributed by atoms with van der Waals surface area (Å²) >= 11 is 0. The van der Waals surface area contributed by atoms with E-state index in [0.717, 1.165) is 6.20 Å². The van der Waals surface area contributed by atoms with E-state index in [1.807, 2.05) is 0 Å². The summed E-state index contributed by atoms with van der Waals surface area (Å²) in [6.07, 6.45) is 2.51. The second kappa shape index (κ2) is 5.98. The fraction of sp³-hybridized carbons (Fsp3) is 0.154. The summed E-state index contributed by atoms with van der Waals surface area (Å²) in [6, 6.07) is 6.22. The molecule has 104 valence electrons. The lowest BCUT2D eigenvalue weighted by atomic mass is 10.2. The zero-order valence-corrected chi connectivity index (χ0v) is 10.6. The average Bonchev–Trinajstić information content (AvgIpc) is 2.48. The van der Waals surface area contributed by atoms with Crippen LogP contribution < -0.4 is 9.47 Å². The largest absolute Gasteiger partial charge is 0.493 e. The molecule has 2 rings (SSSR count). The molecule has 0 saturated carbocycles. The van der Waals surface area contributed by atoms with Crippen molar-refractivity contribution in [2.24, 2.45) is 0 Å². The Kier molecular flexibility index (Phi) is 4.11. The molecule has 0 saturated heterocycles. The van der Waals surface area contributed by atoms with Crippen LogP contribution in [0, 0.1) is 10.1 Å². The number of pyridine rings is 1. The molecule has 7 nitrogen and oxygen atoms in total. The van der Waals surface area contributed by atoms with Crippen LogP contribution in [0.25, 0.3) is 0 Å². The van der Waals surface area contributed by atoms with Crippen LogP contribution in [0.1, 0.15) is 5.56 Å². The lowest BCUT2D eigenvalue weighted by molar-refractivity contribution is -0.386. The summed E-state index contributed by atoms with van der Waals surface area (Å²) in [5.41, 5.74) is 0.416. The van der Waals surface area contributed by atoms with Crippen molar-refractivity contribution < 1.29 is 19.5 Å². The highest BCUT2D eigenvalue weighted by molar-refractivity contribution is 5.50. The van der Waals surface area contributed by atoms with Gasteiger partial charge in [-0.15, -0.1) is 0 Å². The second-order valence-electron chi connectivity index (χ2n) is 3.85. The van der Waals surface area contributed by atoms with Gasteiger partial charge in [0, 0.05) is 12.3 Å². The van der Waals surface area contributed by atoms with Crippen LogP contribution in [-0.2, 0) is 6.61 Å². The molecule has 0 aliphatic carbocycles. The Hall–Kier alpha value is -2.67. The molecule has 0 aliphatic rings. The predicted octanol–water partition coefficient (Wildman–Crippen LogP) is 2.28. The van der Waals surface area contributed by atoms with Crippen molar-refractivity contribution in [2.75, 3.05) is 7.11 Å². The molecule has 0 aliphatic heterocycles. The third-order valence-corrected chi connectivity index (χ3v) is 2.59. The minimum absolute atomic E-state index is 0.0695. The third-order valence-electron chi connectivity index (χ3n) is 2.59. The average molecular weight is 276 g/mol. The van der Waals surface area contributed by atoms with Crippen LogP contribution in [0.4, 0.5) is 5.69 Å². The molecule has 0 fully saturated rings. The number of nitro groups is 1. The first-order chi connectivity index (χ1) is 9.65. The van der Waals surface area contributed by atoms with Gasteiger partial charge >= 0.3 is 5.69 Å². The number of ether oxygens (including phenoxy) is 2. The summed E-state index contributed by atoms with van der Waals surface area (Å²) in [6.45, 7) is -0.133. The molecule has 1 aromatic heterocycles. The molecule has 0 bridgehead atoms. The maximum atomic E-state index is 10.9. The van der Waals surface area contributed by atoms with E-state index in [2.05, 4.69) is 4.98 Å².